The second-order valence-electron chi connectivity index (χ2n) is 5.96. The monoisotopic (exact) mass is 390 g/mol. The van der Waals surface area contributed by atoms with E-state index in [0.717, 1.165) is 12.1 Å². The molecule has 27 heavy (non-hydrogen) atoms. The summed E-state index contributed by atoms with van der Waals surface area (Å²) in [6.45, 7) is 0.663. The van der Waals surface area contributed by atoms with Crippen LogP contribution < -0.4 is 0 Å². The zero-order valence-electron chi connectivity index (χ0n) is 13.9. The Hall–Kier alpha value is -2.82. The third-order valence-corrected chi connectivity index (χ3v) is 5.85. The third kappa shape index (κ3) is 3.29. The highest BCUT2D eigenvalue weighted by Gasteiger charge is 2.32. The molecule has 0 unspecified atom stereocenters. The SMILES string of the molecule is O=[N+]([O-])c1cc(S(=O)(=O)Cc2ccccc2)c2c(C3OCCO3)noc2c1. The number of ether oxygens (including phenoxy) is 2. The molecule has 9 nitrogen and oxygen atoms in total. The van der Waals surface area contributed by atoms with E-state index >= 15 is 0 Å². The predicted molar refractivity (Wildman–Crippen MR) is 92.6 cm³/mol. The van der Waals surface area contributed by atoms with Crippen molar-refractivity contribution >= 4 is 26.5 Å². The van der Waals surface area contributed by atoms with Gasteiger partial charge in [0.25, 0.3) is 5.69 Å². The Kier molecular flexibility index (Phi) is 4.38. The first-order valence-corrected chi connectivity index (χ1v) is 9.68. The molecular formula is C17H14N2O7S. The van der Waals surface area contributed by atoms with Gasteiger partial charge in [-0.25, -0.2) is 8.42 Å². The van der Waals surface area contributed by atoms with Crippen LogP contribution in [0.4, 0.5) is 5.69 Å². The number of aromatic nitrogens is 1. The largest absolute Gasteiger partial charge is 0.355 e. The molecule has 1 aliphatic rings. The van der Waals surface area contributed by atoms with Gasteiger partial charge in [-0.1, -0.05) is 35.5 Å². The van der Waals surface area contributed by atoms with E-state index in [9.17, 15) is 18.5 Å². The molecule has 2 heterocycles. The summed E-state index contributed by atoms with van der Waals surface area (Å²) in [5, 5.41) is 15.2. The number of benzene rings is 2. The van der Waals surface area contributed by atoms with Crippen molar-refractivity contribution in [3.05, 3.63) is 63.8 Å². The quantitative estimate of drug-likeness (QED) is 0.481. The Bertz CT molecular complexity index is 1100. The van der Waals surface area contributed by atoms with Crippen molar-refractivity contribution < 1.29 is 27.3 Å². The highest BCUT2D eigenvalue weighted by atomic mass is 32.2. The zero-order chi connectivity index (χ0) is 19.0. The lowest BCUT2D eigenvalue weighted by atomic mass is 10.2. The molecule has 1 aliphatic heterocycles. The number of fused-ring (bicyclic) bond motifs is 1. The van der Waals surface area contributed by atoms with Crippen LogP contribution in [0.3, 0.4) is 0 Å². The highest BCUT2D eigenvalue weighted by molar-refractivity contribution is 7.90. The van der Waals surface area contributed by atoms with Crippen molar-refractivity contribution in [2.45, 2.75) is 16.9 Å². The van der Waals surface area contributed by atoms with Crippen molar-refractivity contribution in [2.24, 2.45) is 0 Å². The van der Waals surface area contributed by atoms with Crippen LogP contribution in [-0.4, -0.2) is 31.7 Å². The maximum absolute atomic E-state index is 13.1. The smallest absolute Gasteiger partial charge is 0.274 e. The van der Waals surface area contributed by atoms with Crippen LogP contribution in [0.5, 0.6) is 0 Å². The molecule has 0 amide bonds. The van der Waals surface area contributed by atoms with Crippen molar-refractivity contribution in [3.8, 4) is 0 Å². The van der Waals surface area contributed by atoms with Gasteiger partial charge in [-0.3, -0.25) is 10.1 Å². The van der Waals surface area contributed by atoms with Crippen LogP contribution in [0.1, 0.15) is 17.5 Å². The molecular weight excluding hydrogens is 376 g/mol. The van der Waals surface area contributed by atoms with Gasteiger partial charge in [0, 0.05) is 6.07 Å². The molecule has 0 aliphatic carbocycles. The Morgan fingerprint density at radius 3 is 2.52 bits per heavy atom. The number of nitro groups is 1. The Morgan fingerprint density at radius 1 is 1.15 bits per heavy atom. The van der Waals surface area contributed by atoms with Crippen molar-refractivity contribution in [2.75, 3.05) is 13.2 Å². The lowest BCUT2D eigenvalue weighted by Gasteiger charge is -2.09. The van der Waals surface area contributed by atoms with Gasteiger partial charge in [0.05, 0.1) is 40.2 Å². The van der Waals surface area contributed by atoms with Crippen LogP contribution in [0, 0.1) is 10.1 Å². The lowest BCUT2D eigenvalue weighted by Crippen LogP contribution is -2.08. The van der Waals surface area contributed by atoms with E-state index in [0.29, 0.717) is 18.8 Å². The van der Waals surface area contributed by atoms with Crippen LogP contribution in [0.25, 0.3) is 11.0 Å². The first-order chi connectivity index (χ1) is 13.0. The van der Waals surface area contributed by atoms with E-state index in [1.807, 2.05) is 0 Å². The van der Waals surface area contributed by atoms with E-state index in [-0.39, 0.29) is 27.3 Å². The number of non-ortho nitro benzene ring substituents is 1. The standard InChI is InChI=1S/C17H14N2O7S/c20-19(21)12-8-13-15(16(18-26-13)17-24-6-7-25-17)14(9-12)27(22,23)10-11-4-2-1-3-5-11/h1-5,8-9,17H,6-7,10H2. The fourth-order valence-corrected chi connectivity index (χ4v) is 4.55. The summed E-state index contributed by atoms with van der Waals surface area (Å²) >= 11 is 0. The number of sulfone groups is 1. The van der Waals surface area contributed by atoms with Gasteiger partial charge < -0.3 is 14.0 Å². The number of rotatable bonds is 5. The second-order valence-corrected chi connectivity index (χ2v) is 7.92. The topological polar surface area (TPSA) is 122 Å². The molecule has 10 heteroatoms. The zero-order valence-corrected chi connectivity index (χ0v) is 14.7. The maximum Gasteiger partial charge on any atom is 0.274 e. The molecule has 1 saturated heterocycles. The molecule has 4 rings (SSSR count). The predicted octanol–water partition coefficient (Wildman–Crippen LogP) is 2.76. The molecule has 0 bridgehead atoms. The molecule has 1 fully saturated rings. The minimum Gasteiger partial charge on any atom is -0.355 e. The number of nitro benzene ring substituents is 1. The lowest BCUT2D eigenvalue weighted by molar-refractivity contribution is -0.385. The first-order valence-electron chi connectivity index (χ1n) is 8.03. The van der Waals surface area contributed by atoms with Crippen LogP contribution in [0.2, 0.25) is 0 Å². The Balaban J connectivity index is 1.90. The highest BCUT2D eigenvalue weighted by Crippen LogP contribution is 2.37. The van der Waals surface area contributed by atoms with Gasteiger partial charge in [0.1, 0.15) is 5.69 Å². The van der Waals surface area contributed by atoms with Crippen molar-refractivity contribution in [3.63, 3.8) is 0 Å². The summed E-state index contributed by atoms with van der Waals surface area (Å²) < 4.78 is 42.1. The van der Waals surface area contributed by atoms with Gasteiger partial charge in [0.15, 0.2) is 15.4 Å². The Morgan fingerprint density at radius 2 is 1.85 bits per heavy atom. The average Bonchev–Trinajstić information content (AvgIpc) is 3.30. The summed E-state index contributed by atoms with van der Waals surface area (Å²) in [7, 11) is -3.93. The van der Waals surface area contributed by atoms with Crippen molar-refractivity contribution in [1.29, 1.82) is 0 Å². The minimum atomic E-state index is -3.93. The van der Waals surface area contributed by atoms with Crippen LogP contribution in [-0.2, 0) is 25.1 Å². The molecule has 0 spiro atoms. The molecule has 1 aromatic heterocycles. The molecule has 0 atom stereocenters. The third-order valence-electron chi connectivity index (χ3n) is 4.14. The van der Waals surface area contributed by atoms with Gasteiger partial charge in [-0.05, 0) is 5.56 Å². The van der Waals surface area contributed by atoms with E-state index in [1.165, 1.54) is 0 Å². The normalized spacial score (nSPS) is 15.4. The summed E-state index contributed by atoms with van der Waals surface area (Å²) in [4.78, 5) is 10.3. The first kappa shape index (κ1) is 17.6. The fraction of sp³-hybridized carbons (Fsp3) is 0.235. The fourth-order valence-electron chi connectivity index (χ4n) is 2.94. The molecule has 3 aromatic rings. The summed E-state index contributed by atoms with van der Waals surface area (Å²) in [6.07, 6.45) is -0.876. The number of hydrogen-bond acceptors (Lipinski definition) is 8. The Labute approximate surface area is 153 Å². The molecule has 0 N–H and O–H groups in total. The molecule has 0 radical (unpaired) electrons. The van der Waals surface area contributed by atoms with Crippen LogP contribution in [0.15, 0.2) is 51.9 Å². The maximum atomic E-state index is 13.1. The minimum absolute atomic E-state index is 0.00932. The molecule has 2 aromatic carbocycles. The number of hydrogen-bond donors (Lipinski definition) is 0. The van der Waals surface area contributed by atoms with Gasteiger partial charge in [0.2, 0.25) is 6.29 Å². The van der Waals surface area contributed by atoms with E-state index < -0.39 is 26.7 Å². The van der Waals surface area contributed by atoms with Gasteiger partial charge in [-0.2, -0.15) is 0 Å². The summed E-state index contributed by atoms with van der Waals surface area (Å²) in [6, 6.07) is 10.7. The van der Waals surface area contributed by atoms with Crippen LogP contribution >= 0.6 is 0 Å². The van der Waals surface area contributed by atoms with Gasteiger partial charge in [-0.15, -0.1) is 0 Å². The van der Waals surface area contributed by atoms with E-state index in [4.69, 9.17) is 14.0 Å². The van der Waals surface area contributed by atoms with E-state index in [2.05, 4.69) is 5.16 Å². The molecule has 0 saturated carbocycles. The van der Waals surface area contributed by atoms with Gasteiger partial charge >= 0.3 is 0 Å². The van der Waals surface area contributed by atoms with E-state index in [1.54, 1.807) is 30.3 Å². The molecule has 140 valence electrons. The summed E-state index contributed by atoms with van der Waals surface area (Å²) in [5.74, 6) is -0.318. The van der Waals surface area contributed by atoms with Crippen molar-refractivity contribution in [1.82, 2.24) is 5.16 Å². The second kappa shape index (κ2) is 6.72. The summed E-state index contributed by atoms with van der Waals surface area (Å²) in [5.41, 5.74) is 0.308. The average molecular weight is 390 g/mol. The number of nitrogens with zero attached hydrogens (tertiary/aromatic N) is 2.